The summed E-state index contributed by atoms with van der Waals surface area (Å²) in [4.78, 5) is 28.2. The second kappa shape index (κ2) is 15.4. The summed E-state index contributed by atoms with van der Waals surface area (Å²) in [5.74, 6) is -0.524. The maximum absolute atomic E-state index is 13.2. The number of carbonyl (C=O) groups is 2. The third kappa shape index (κ3) is 8.15. The van der Waals surface area contributed by atoms with E-state index in [9.17, 15) is 22.8 Å². The van der Waals surface area contributed by atoms with Crippen molar-refractivity contribution in [3.8, 4) is 11.1 Å². The Morgan fingerprint density at radius 1 is 0.913 bits per heavy atom. The van der Waals surface area contributed by atoms with Gasteiger partial charge in [0.1, 0.15) is 0 Å². The standard InChI is InChI=1S/C34H36F3N3O2.C4H8/c1-23-22-33(32(38)42,30-11-5-4-8-27(23)30)18-6-7-19-40-20-16-26(17-21-40)39-31(41)29-10-3-2-9-28(29)24-12-14-25(15-13-24)34(35,36)37;1-3-4-2/h2-5,8-15,22,26H,6-7,16-21H2,1H3,(H2,38,42)(H,39,41);3-4H,1-2H3/b;4-3-. The molecule has 244 valence electrons. The Morgan fingerprint density at radius 3 is 2.13 bits per heavy atom. The summed E-state index contributed by atoms with van der Waals surface area (Å²) in [7, 11) is 0. The van der Waals surface area contributed by atoms with Crippen molar-refractivity contribution in [3.63, 3.8) is 0 Å². The number of carbonyl (C=O) groups excluding carboxylic acids is 2. The number of amides is 2. The van der Waals surface area contributed by atoms with E-state index in [4.69, 9.17) is 5.73 Å². The molecule has 8 heteroatoms. The summed E-state index contributed by atoms with van der Waals surface area (Å²) in [6.07, 6.45) is 5.75. The van der Waals surface area contributed by atoms with E-state index in [1.54, 1.807) is 24.3 Å². The lowest BCUT2D eigenvalue weighted by molar-refractivity contribution is -0.137. The monoisotopic (exact) mass is 631 g/mol. The van der Waals surface area contributed by atoms with E-state index >= 15 is 0 Å². The molecule has 1 saturated heterocycles. The number of unbranched alkanes of at least 4 members (excludes halogenated alkanes) is 1. The predicted molar refractivity (Wildman–Crippen MR) is 179 cm³/mol. The highest BCUT2D eigenvalue weighted by atomic mass is 19.4. The molecular formula is C38H44F3N3O2. The number of primary amides is 1. The Balaban J connectivity index is 0.00000113. The van der Waals surface area contributed by atoms with Crippen LogP contribution in [0.25, 0.3) is 16.7 Å². The largest absolute Gasteiger partial charge is 0.416 e. The molecule has 1 unspecified atom stereocenters. The summed E-state index contributed by atoms with van der Waals surface area (Å²) in [6, 6.07) is 19.9. The lowest BCUT2D eigenvalue weighted by Gasteiger charge is -2.33. The van der Waals surface area contributed by atoms with Gasteiger partial charge in [-0.25, -0.2) is 0 Å². The second-order valence-electron chi connectivity index (χ2n) is 12.0. The van der Waals surface area contributed by atoms with Crippen molar-refractivity contribution in [2.45, 2.75) is 70.5 Å². The zero-order valence-electron chi connectivity index (χ0n) is 26.9. The minimum absolute atomic E-state index is 0.0237. The van der Waals surface area contributed by atoms with Gasteiger partial charge in [0.15, 0.2) is 0 Å². The molecule has 1 aliphatic heterocycles. The maximum Gasteiger partial charge on any atom is 0.416 e. The fourth-order valence-corrected chi connectivity index (χ4v) is 6.35. The van der Waals surface area contributed by atoms with Crippen molar-refractivity contribution in [2.24, 2.45) is 5.73 Å². The van der Waals surface area contributed by atoms with Gasteiger partial charge in [0.2, 0.25) is 5.91 Å². The van der Waals surface area contributed by atoms with E-state index in [1.165, 1.54) is 12.1 Å². The number of allylic oxidation sites excluding steroid dienone is 3. The van der Waals surface area contributed by atoms with Gasteiger partial charge in [-0.15, -0.1) is 0 Å². The maximum atomic E-state index is 13.2. The fourth-order valence-electron chi connectivity index (χ4n) is 6.35. The lowest BCUT2D eigenvalue weighted by atomic mass is 9.77. The van der Waals surface area contributed by atoms with Gasteiger partial charge in [0.05, 0.1) is 11.0 Å². The molecule has 3 aromatic rings. The number of hydrogen-bond acceptors (Lipinski definition) is 3. The molecule has 0 saturated carbocycles. The first-order valence-electron chi connectivity index (χ1n) is 16.0. The van der Waals surface area contributed by atoms with Gasteiger partial charge >= 0.3 is 6.18 Å². The molecule has 5 rings (SSSR count). The van der Waals surface area contributed by atoms with Crippen LogP contribution in [-0.2, 0) is 16.4 Å². The molecule has 2 amide bonds. The summed E-state index contributed by atoms with van der Waals surface area (Å²) in [5.41, 5.74) is 9.27. The molecule has 0 spiro atoms. The van der Waals surface area contributed by atoms with Crippen LogP contribution in [0.2, 0.25) is 0 Å². The number of alkyl halides is 3. The van der Waals surface area contributed by atoms with Crippen LogP contribution in [0.3, 0.4) is 0 Å². The number of benzene rings is 3. The second-order valence-corrected chi connectivity index (χ2v) is 12.0. The van der Waals surface area contributed by atoms with Gasteiger partial charge in [-0.1, -0.05) is 79.2 Å². The van der Waals surface area contributed by atoms with E-state index in [-0.39, 0.29) is 17.9 Å². The quantitative estimate of drug-likeness (QED) is 0.185. The van der Waals surface area contributed by atoms with Crippen molar-refractivity contribution in [2.75, 3.05) is 19.6 Å². The smallest absolute Gasteiger partial charge is 0.369 e. The summed E-state index contributed by atoms with van der Waals surface area (Å²) < 4.78 is 39.0. The van der Waals surface area contributed by atoms with Crippen molar-refractivity contribution >= 4 is 17.4 Å². The lowest BCUT2D eigenvalue weighted by Crippen LogP contribution is -2.45. The van der Waals surface area contributed by atoms with Crippen LogP contribution in [0.1, 0.15) is 79.9 Å². The van der Waals surface area contributed by atoms with Gasteiger partial charge in [-0.05, 0) is 99.0 Å². The van der Waals surface area contributed by atoms with Gasteiger partial charge < -0.3 is 16.0 Å². The third-order valence-corrected chi connectivity index (χ3v) is 8.98. The average Bonchev–Trinajstić information content (AvgIpc) is 3.36. The minimum atomic E-state index is -4.41. The Hall–Kier alpha value is -4.17. The Morgan fingerprint density at radius 2 is 1.52 bits per heavy atom. The molecule has 0 aromatic heterocycles. The predicted octanol–water partition coefficient (Wildman–Crippen LogP) is 8.16. The zero-order chi connectivity index (χ0) is 33.3. The first-order valence-corrected chi connectivity index (χ1v) is 16.0. The van der Waals surface area contributed by atoms with E-state index < -0.39 is 17.2 Å². The highest BCUT2D eigenvalue weighted by Gasteiger charge is 2.41. The van der Waals surface area contributed by atoms with Gasteiger partial charge in [0.25, 0.3) is 5.91 Å². The summed E-state index contributed by atoms with van der Waals surface area (Å²) in [5, 5.41) is 3.13. The van der Waals surface area contributed by atoms with E-state index in [0.29, 0.717) is 23.1 Å². The molecule has 0 bridgehead atoms. The van der Waals surface area contributed by atoms with Crippen LogP contribution in [0.15, 0.2) is 91.0 Å². The SMILES string of the molecule is C/C=C\C.CC1=CC(CCCCN2CCC(NC(=O)c3ccccc3-c3ccc(C(F)(F)F)cc3)CC2)(C(N)=O)c2ccccc21. The molecule has 1 aliphatic carbocycles. The molecule has 3 N–H and O–H groups in total. The minimum Gasteiger partial charge on any atom is -0.369 e. The molecule has 1 fully saturated rings. The molecular weight excluding hydrogens is 587 g/mol. The highest BCUT2D eigenvalue weighted by Crippen LogP contribution is 2.43. The molecule has 2 aliphatic rings. The van der Waals surface area contributed by atoms with Crippen molar-refractivity contribution in [3.05, 3.63) is 113 Å². The van der Waals surface area contributed by atoms with Crippen LogP contribution in [-0.4, -0.2) is 42.4 Å². The number of hydrogen-bond donors (Lipinski definition) is 2. The normalized spacial score (nSPS) is 18.4. The number of halogens is 3. The van der Waals surface area contributed by atoms with Gasteiger partial charge in [-0.3, -0.25) is 9.59 Å². The first-order chi connectivity index (χ1) is 22.0. The van der Waals surface area contributed by atoms with E-state index in [0.717, 1.165) is 74.2 Å². The topological polar surface area (TPSA) is 75.4 Å². The summed E-state index contributed by atoms with van der Waals surface area (Å²) >= 11 is 0. The first kappa shape index (κ1) is 34.7. The Bertz CT molecular complexity index is 1550. The number of rotatable bonds is 9. The van der Waals surface area contributed by atoms with Gasteiger partial charge in [0, 0.05) is 24.7 Å². The number of piperidine rings is 1. The number of nitrogens with zero attached hydrogens (tertiary/aromatic N) is 1. The number of fused-ring (bicyclic) bond motifs is 1. The van der Waals surface area contributed by atoms with Crippen LogP contribution in [0, 0.1) is 0 Å². The van der Waals surface area contributed by atoms with Gasteiger partial charge in [-0.2, -0.15) is 13.2 Å². The number of nitrogens with two attached hydrogens (primary N) is 1. The highest BCUT2D eigenvalue weighted by molar-refractivity contribution is 6.01. The van der Waals surface area contributed by atoms with Crippen LogP contribution >= 0.6 is 0 Å². The fraction of sp³-hybridized carbons (Fsp3) is 0.368. The van der Waals surface area contributed by atoms with Crippen LogP contribution in [0.5, 0.6) is 0 Å². The summed E-state index contributed by atoms with van der Waals surface area (Å²) in [6.45, 7) is 8.65. The molecule has 5 nitrogen and oxygen atoms in total. The van der Waals surface area contributed by atoms with Crippen molar-refractivity contribution in [1.29, 1.82) is 0 Å². The molecule has 0 radical (unpaired) electrons. The molecule has 46 heavy (non-hydrogen) atoms. The Labute approximate surface area is 270 Å². The van der Waals surface area contributed by atoms with Crippen molar-refractivity contribution in [1.82, 2.24) is 10.2 Å². The van der Waals surface area contributed by atoms with E-state index in [2.05, 4.69) is 10.2 Å². The van der Waals surface area contributed by atoms with Crippen LogP contribution in [0.4, 0.5) is 13.2 Å². The molecule has 1 heterocycles. The number of likely N-dealkylation sites (tertiary alicyclic amines) is 1. The molecule has 3 aromatic carbocycles. The number of nitrogens with one attached hydrogen (secondary N) is 1. The van der Waals surface area contributed by atoms with Crippen molar-refractivity contribution < 1.29 is 22.8 Å². The van der Waals surface area contributed by atoms with Crippen LogP contribution < -0.4 is 11.1 Å². The Kier molecular flexibility index (Phi) is 11.6. The zero-order valence-corrected chi connectivity index (χ0v) is 26.9. The molecule has 1 atom stereocenters. The average molecular weight is 632 g/mol. The van der Waals surface area contributed by atoms with E-state index in [1.807, 2.05) is 63.3 Å². The third-order valence-electron chi connectivity index (χ3n) is 8.98.